The lowest BCUT2D eigenvalue weighted by Gasteiger charge is -2.07. The Morgan fingerprint density at radius 3 is 2.56 bits per heavy atom. The highest BCUT2D eigenvalue weighted by molar-refractivity contribution is 5.77. The lowest BCUT2D eigenvalue weighted by molar-refractivity contribution is 0.414. The van der Waals surface area contributed by atoms with Gasteiger partial charge in [0.15, 0.2) is 5.96 Å². The Kier molecular flexibility index (Phi) is 6.05. The zero-order valence-corrected chi connectivity index (χ0v) is 11.4. The van der Waals surface area contributed by atoms with Crippen molar-refractivity contribution in [3.63, 3.8) is 0 Å². The van der Waals surface area contributed by atoms with Crippen LogP contribution in [0.5, 0.6) is 5.75 Å². The Bertz CT molecular complexity index is 371. The van der Waals surface area contributed by atoms with E-state index in [9.17, 15) is 0 Å². The van der Waals surface area contributed by atoms with Crippen molar-refractivity contribution in [3.8, 4) is 5.75 Å². The van der Waals surface area contributed by atoms with Crippen LogP contribution in [0.4, 0.5) is 0 Å². The maximum Gasteiger partial charge on any atom is 0.188 e. The van der Waals surface area contributed by atoms with E-state index in [1.807, 2.05) is 12.1 Å². The molecule has 4 heteroatoms. The van der Waals surface area contributed by atoms with Gasteiger partial charge in [0.25, 0.3) is 0 Å². The molecule has 0 bridgehead atoms. The predicted molar refractivity (Wildman–Crippen MR) is 76.0 cm³/mol. The second-order valence-electron chi connectivity index (χ2n) is 4.64. The summed E-state index contributed by atoms with van der Waals surface area (Å²) in [4.78, 5) is 4.25. The SMILES string of the molecule is COc1ccc(CCNC(N)=NCC(C)C)cc1. The third kappa shape index (κ3) is 5.57. The van der Waals surface area contributed by atoms with E-state index in [0.29, 0.717) is 11.9 Å². The fourth-order valence-corrected chi connectivity index (χ4v) is 1.46. The number of nitrogens with two attached hydrogens (primary N) is 1. The smallest absolute Gasteiger partial charge is 0.188 e. The lowest BCUT2D eigenvalue weighted by Crippen LogP contribution is -2.33. The van der Waals surface area contributed by atoms with Gasteiger partial charge in [-0.1, -0.05) is 26.0 Å². The molecule has 1 rings (SSSR count). The second kappa shape index (κ2) is 7.58. The predicted octanol–water partition coefficient (Wildman–Crippen LogP) is 1.80. The van der Waals surface area contributed by atoms with Crippen LogP contribution in [0.25, 0.3) is 0 Å². The maximum absolute atomic E-state index is 5.75. The van der Waals surface area contributed by atoms with E-state index in [1.54, 1.807) is 7.11 Å². The van der Waals surface area contributed by atoms with Crippen LogP contribution in [0.1, 0.15) is 19.4 Å². The summed E-state index contributed by atoms with van der Waals surface area (Å²) in [6.45, 7) is 5.80. The summed E-state index contributed by atoms with van der Waals surface area (Å²) < 4.78 is 5.11. The molecule has 0 saturated heterocycles. The molecule has 0 aromatic heterocycles. The summed E-state index contributed by atoms with van der Waals surface area (Å²) in [6.07, 6.45) is 0.919. The van der Waals surface area contributed by atoms with E-state index < -0.39 is 0 Å². The first-order chi connectivity index (χ1) is 8.61. The molecule has 1 aromatic carbocycles. The van der Waals surface area contributed by atoms with Gasteiger partial charge < -0.3 is 15.8 Å². The molecular weight excluding hydrogens is 226 g/mol. The minimum absolute atomic E-state index is 0.525. The normalized spacial score (nSPS) is 11.7. The number of benzene rings is 1. The highest BCUT2D eigenvalue weighted by Gasteiger charge is 1.96. The van der Waals surface area contributed by atoms with Crippen LogP contribution in [0.3, 0.4) is 0 Å². The van der Waals surface area contributed by atoms with Gasteiger partial charge in [-0.2, -0.15) is 0 Å². The Morgan fingerprint density at radius 2 is 2.00 bits per heavy atom. The molecule has 0 aliphatic carbocycles. The Labute approximate surface area is 109 Å². The van der Waals surface area contributed by atoms with E-state index in [0.717, 1.165) is 25.3 Å². The van der Waals surface area contributed by atoms with Gasteiger partial charge in [0.05, 0.1) is 7.11 Å². The van der Waals surface area contributed by atoms with Crippen molar-refractivity contribution in [2.75, 3.05) is 20.2 Å². The number of hydrogen-bond acceptors (Lipinski definition) is 2. The molecule has 0 saturated carbocycles. The van der Waals surface area contributed by atoms with E-state index >= 15 is 0 Å². The van der Waals surface area contributed by atoms with Crippen molar-refractivity contribution in [2.45, 2.75) is 20.3 Å². The molecule has 18 heavy (non-hydrogen) atoms. The van der Waals surface area contributed by atoms with Crippen LogP contribution in [0, 0.1) is 5.92 Å². The Hall–Kier alpha value is -1.71. The van der Waals surface area contributed by atoms with Crippen LogP contribution in [0.15, 0.2) is 29.3 Å². The van der Waals surface area contributed by atoms with Gasteiger partial charge in [-0.25, -0.2) is 0 Å². The quantitative estimate of drug-likeness (QED) is 0.597. The molecule has 100 valence electrons. The summed E-state index contributed by atoms with van der Waals surface area (Å²) in [6, 6.07) is 8.04. The molecule has 0 amide bonds. The van der Waals surface area contributed by atoms with E-state index in [4.69, 9.17) is 10.5 Å². The molecule has 3 N–H and O–H groups in total. The Morgan fingerprint density at radius 1 is 1.33 bits per heavy atom. The van der Waals surface area contributed by atoms with Crippen molar-refractivity contribution in [1.82, 2.24) is 5.32 Å². The van der Waals surface area contributed by atoms with Gasteiger partial charge in [0, 0.05) is 13.1 Å². The first-order valence-electron chi connectivity index (χ1n) is 6.28. The lowest BCUT2D eigenvalue weighted by atomic mass is 10.1. The average Bonchev–Trinajstić information content (AvgIpc) is 2.37. The van der Waals surface area contributed by atoms with Gasteiger partial charge in [-0.3, -0.25) is 4.99 Å². The van der Waals surface area contributed by atoms with Crippen LogP contribution in [-0.4, -0.2) is 26.2 Å². The van der Waals surface area contributed by atoms with Crippen LogP contribution < -0.4 is 15.8 Å². The fraction of sp³-hybridized carbons (Fsp3) is 0.500. The van der Waals surface area contributed by atoms with Crippen LogP contribution in [0.2, 0.25) is 0 Å². The number of guanidine groups is 1. The molecule has 0 unspecified atom stereocenters. The zero-order chi connectivity index (χ0) is 13.4. The van der Waals surface area contributed by atoms with Crippen LogP contribution in [-0.2, 0) is 6.42 Å². The molecule has 0 fully saturated rings. The Balaban J connectivity index is 2.30. The monoisotopic (exact) mass is 249 g/mol. The number of ether oxygens (including phenoxy) is 1. The summed E-state index contributed by atoms with van der Waals surface area (Å²) in [5, 5.41) is 3.11. The number of nitrogens with zero attached hydrogens (tertiary/aromatic N) is 1. The van der Waals surface area contributed by atoms with Gasteiger partial charge in [-0.05, 0) is 30.0 Å². The van der Waals surface area contributed by atoms with Gasteiger partial charge in [-0.15, -0.1) is 0 Å². The molecule has 0 spiro atoms. The first-order valence-corrected chi connectivity index (χ1v) is 6.28. The number of rotatable bonds is 6. The van der Waals surface area contributed by atoms with Crippen molar-refractivity contribution < 1.29 is 4.74 Å². The van der Waals surface area contributed by atoms with E-state index in [-0.39, 0.29) is 0 Å². The highest BCUT2D eigenvalue weighted by atomic mass is 16.5. The topological polar surface area (TPSA) is 59.6 Å². The molecule has 0 atom stereocenters. The maximum atomic E-state index is 5.75. The third-order valence-corrected chi connectivity index (χ3v) is 2.51. The summed E-state index contributed by atoms with van der Waals surface area (Å²) in [5.41, 5.74) is 7.00. The summed E-state index contributed by atoms with van der Waals surface area (Å²) in [5.74, 6) is 1.94. The number of methoxy groups -OCH3 is 1. The minimum atomic E-state index is 0.525. The largest absolute Gasteiger partial charge is 0.497 e. The van der Waals surface area contributed by atoms with Crippen molar-refractivity contribution >= 4 is 5.96 Å². The highest BCUT2D eigenvalue weighted by Crippen LogP contribution is 2.11. The summed E-state index contributed by atoms with van der Waals surface area (Å²) in [7, 11) is 1.67. The fourth-order valence-electron chi connectivity index (χ4n) is 1.46. The molecule has 1 aromatic rings. The molecule has 0 heterocycles. The number of nitrogens with one attached hydrogen (secondary N) is 1. The average molecular weight is 249 g/mol. The summed E-state index contributed by atoms with van der Waals surface area (Å²) >= 11 is 0. The van der Waals surface area contributed by atoms with Crippen molar-refractivity contribution in [3.05, 3.63) is 29.8 Å². The number of hydrogen-bond donors (Lipinski definition) is 2. The molecule has 0 aliphatic heterocycles. The minimum Gasteiger partial charge on any atom is -0.497 e. The van der Waals surface area contributed by atoms with Crippen LogP contribution >= 0.6 is 0 Å². The van der Waals surface area contributed by atoms with E-state index in [2.05, 4.69) is 36.3 Å². The zero-order valence-electron chi connectivity index (χ0n) is 11.4. The second-order valence-corrected chi connectivity index (χ2v) is 4.64. The number of aliphatic imine (C=N–C) groups is 1. The first kappa shape index (κ1) is 14.4. The standard InChI is InChI=1S/C14H23N3O/c1-11(2)10-17-14(15)16-9-8-12-4-6-13(18-3)7-5-12/h4-7,11H,8-10H2,1-3H3,(H3,15,16,17). The van der Waals surface area contributed by atoms with Gasteiger partial charge in [0.2, 0.25) is 0 Å². The van der Waals surface area contributed by atoms with Gasteiger partial charge >= 0.3 is 0 Å². The van der Waals surface area contributed by atoms with E-state index in [1.165, 1.54) is 5.56 Å². The molecular formula is C14H23N3O. The molecule has 0 radical (unpaired) electrons. The van der Waals surface area contributed by atoms with Crippen molar-refractivity contribution in [1.29, 1.82) is 0 Å². The molecule has 4 nitrogen and oxygen atoms in total. The molecule has 0 aliphatic rings. The van der Waals surface area contributed by atoms with Gasteiger partial charge in [0.1, 0.15) is 5.75 Å². The third-order valence-electron chi connectivity index (χ3n) is 2.51. The van der Waals surface area contributed by atoms with Crippen molar-refractivity contribution in [2.24, 2.45) is 16.6 Å².